The Labute approximate surface area is 172 Å². The number of hydrogen-bond donors (Lipinski definition) is 3. The number of nitrogens with one attached hydrogen (secondary N) is 2. The first-order chi connectivity index (χ1) is 11.9. The van der Waals surface area contributed by atoms with E-state index in [9.17, 15) is 5.11 Å². The fourth-order valence-corrected chi connectivity index (χ4v) is 2.28. The van der Waals surface area contributed by atoms with E-state index in [4.69, 9.17) is 8.83 Å². The fourth-order valence-electron chi connectivity index (χ4n) is 2.28. The molecule has 0 bridgehead atoms. The van der Waals surface area contributed by atoms with E-state index in [0.717, 1.165) is 24.4 Å². The number of guanidine groups is 1. The van der Waals surface area contributed by atoms with Crippen molar-refractivity contribution in [2.45, 2.75) is 52.2 Å². The summed E-state index contributed by atoms with van der Waals surface area (Å²) < 4.78 is 10.9. The van der Waals surface area contributed by atoms with Crippen LogP contribution in [0, 0.1) is 6.92 Å². The number of aliphatic imine (C=N–C) groups is 1. The Hall–Kier alpha value is -1.48. The minimum Gasteiger partial charge on any atom is -0.469 e. The minimum absolute atomic E-state index is 0. The molecule has 0 fully saturated rings. The van der Waals surface area contributed by atoms with Gasteiger partial charge in [0.05, 0.1) is 12.8 Å². The predicted molar refractivity (Wildman–Crippen MR) is 114 cm³/mol. The molecule has 0 saturated heterocycles. The lowest BCUT2D eigenvalue weighted by molar-refractivity contribution is 0.0428. The largest absolute Gasteiger partial charge is 0.469 e. The number of nitrogens with zero attached hydrogens (tertiary/aromatic N) is 1. The molecule has 2 unspecified atom stereocenters. The third-order valence-corrected chi connectivity index (χ3v) is 4.06. The molecule has 0 saturated carbocycles. The molecule has 2 atom stereocenters. The van der Waals surface area contributed by atoms with Gasteiger partial charge in [-0.15, -0.1) is 24.0 Å². The van der Waals surface area contributed by atoms with Gasteiger partial charge in [-0.05, 0) is 51.5 Å². The number of halogens is 1. The van der Waals surface area contributed by atoms with E-state index in [0.29, 0.717) is 18.3 Å². The molecular weight excluding hydrogens is 445 g/mol. The molecule has 0 spiro atoms. The van der Waals surface area contributed by atoms with Gasteiger partial charge in [0.15, 0.2) is 5.96 Å². The molecule has 0 aliphatic heterocycles. The normalized spacial score (nSPS) is 15.0. The molecule has 2 aromatic heterocycles. The molecule has 0 amide bonds. The van der Waals surface area contributed by atoms with Crippen LogP contribution in [0.1, 0.15) is 44.5 Å². The zero-order valence-electron chi connectivity index (χ0n) is 15.9. The number of furan rings is 2. The highest BCUT2D eigenvalue weighted by Gasteiger charge is 2.26. The van der Waals surface area contributed by atoms with Gasteiger partial charge in [0, 0.05) is 19.0 Å². The van der Waals surface area contributed by atoms with Gasteiger partial charge in [0.25, 0.3) is 0 Å². The second-order valence-electron chi connectivity index (χ2n) is 6.56. The summed E-state index contributed by atoms with van der Waals surface area (Å²) in [4.78, 5) is 4.54. The van der Waals surface area contributed by atoms with Crippen molar-refractivity contribution in [3.05, 3.63) is 47.8 Å². The first-order valence-electron chi connectivity index (χ1n) is 8.77. The van der Waals surface area contributed by atoms with Crippen LogP contribution in [-0.4, -0.2) is 30.2 Å². The zero-order valence-corrected chi connectivity index (χ0v) is 18.2. The lowest BCUT2D eigenvalue weighted by Crippen LogP contribution is -2.43. The van der Waals surface area contributed by atoms with E-state index in [2.05, 4.69) is 29.5 Å². The summed E-state index contributed by atoms with van der Waals surface area (Å²) in [5.74, 6) is 2.89. The summed E-state index contributed by atoms with van der Waals surface area (Å²) in [5.41, 5.74) is -1.15. The van der Waals surface area contributed by atoms with E-state index < -0.39 is 5.60 Å². The van der Waals surface area contributed by atoms with Crippen LogP contribution >= 0.6 is 24.0 Å². The molecule has 2 heterocycles. The second-order valence-corrected chi connectivity index (χ2v) is 6.56. The Balaban J connectivity index is 0.00000338. The average Bonchev–Trinajstić information content (AvgIpc) is 3.24. The van der Waals surface area contributed by atoms with Gasteiger partial charge >= 0.3 is 0 Å². The molecule has 3 N–H and O–H groups in total. The Morgan fingerprint density at radius 3 is 2.69 bits per heavy atom. The van der Waals surface area contributed by atoms with E-state index in [1.165, 1.54) is 0 Å². The maximum absolute atomic E-state index is 10.6. The zero-order chi connectivity index (χ0) is 18.3. The molecule has 0 aliphatic rings. The van der Waals surface area contributed by atoms with Crippen LogP contribution in [0.5, 0.6) is 0 Å². The van der Waals surface area contributed by atoms with E-state index >= 15 is 0 Å². The quantitative estimate of drug-likeness (QED) is 0.309. The third kappa shape index (κ3) is 7.03. The predicted octanol–water partition coefficient (Wildman–Crippen LogP) is 3.58. The summed E-state index contributed by atoms with van der Waals surface area (Å²) in [6.07, 6.45) is 3.42. The van der Waals surface area contributed by atoms with Crippen molar-refractivity contribution >= 4 is 29.9 Å². The van der Waals surface area contributed by atoms with Crippen LogP contribution < -0.4 is 10.6 Å². The number of rotatable bonds is 8. The minimum atomic E-state index is -1.15. The highest BCUT2D eigenvalue weighted by Crippen LogP contribution is 2.23. The third-order valence-electron chi connectivity index (χ3n) is 4.06. The maximum Gasteiger partial charge on any atom is 0.191 e. The van der Waals surface area contributed by atoms with Crippen molar-refractivity contribution in [3.63, 3.8) is 0 Å². The molecule has 0 aromatic carbocycles. The molecule has 6 nitrogen and oxygen atoms in total. The summed E-state index contributed by atoms with van der Waals surface area (Å²) in [5, 5.41) is 17.3. The second kappa shape index (κ2) is 10.6. The Morgan fingerprint density at radius 1 is 1.35 bits per heavy atom. The van der Waals surface area contributed by atoms with Crippen LogP contribution in [0.25, 0.3) is 0 Å². The molecule has 0 radical (unpaired) electrons. The number of aliphatic hydroxyl groups is 1. The first kappa shape index (κ1) is 22.6. The van der Waals surface area contributed by atoms with Crippen molar-refractivity contribution in [1.82, 2.24) is 10.6 Å². The van der Waals surface area contributed by atoms with Crippen molar-refractivity contribution in [2.24, 2.45) is 4.99 Å². The van der Waals surface area contributed by atoms with Crippen molar-refractivity contribution in [3.8, 4) is 0 Å². The molecule has 7 heteroatoms. The van der Waals surface area contributed by atoms with Crippen LogP contribution in [0.2, 0.25) is 0 Å². The molecule has 2 rings (SSSR count). The molecule has 26 heavy (non-hydrogen) atoms. The van der Waals surface area contributed by atoms with Gasteiger partial charge in [-0.25, -0.2) is 4.99 Å². The molecule has 0 aliphatic carbocycles. The lowest BCUT2D eigenvalue weighted by atomic mass is 10.0. The monoisotopic (exact) mass is 475 g/mol. The number of hydrogen-bond acceptors (Lipinski definition) is 4. The highest BCUT2D eigenvalue weighted by molar-refractivity contribution is 14.0. The first-order valence-corrected chi connectivity index (χ1v) is 8.77. The van der Waals surface area contributed by atoms with Gasteiger partial charge < -0.3 is 24.6 Å². The van der Waals surface area contributed by atoms with Crippen LogP contribution in [0.15, 0.2) is 44.4 Å². The summed E-state index contributed by atoms with van der Waals surface area (Å²) in [6.45, 7) is 8.66. The Morgan fingerprint density at radius 2 is 2.12 bits per heavy atom. The average molecular weight is 475 g/mol. The van der Waals surface area contributed by atoms with Gasteiger partial charge in [-0.3, -0.25) is 0 Å². The SMILES string of the molecule is CCC(C)NC(=NCC(C)(O)c1ccc(C)o1)NCCc1ccco1.I. The van der Waals surface area contributed by atoms with Crippen molar-refractivity contribution in [2.75, 3.05) is 13.1 Å². The molecule has 146 valence electrons. The van der Waals surface area contributed by atoms with E-state index in [-0.39, 0.29) is 36.6 Å². The standard InChI is InChI=1S/C19H29N3O3.HI/c1-5-14(2)22-18(20-11-10-16-7-6-12-24-16)21-13-19(4,23)17-9-8-15(3)25-17;/h6-9,12,14,23H,5,10-11,13H2,1-4H3,(H2,20,21,22);1H. The summed E-state index contributed by atoms with van der Waals surface area (Å²) in [7, 11) is 0. The van der Waals surface area contributed by atoms with Crippen LogP contribution in [0.4, 0.5) is 0 Å². The molecule has 2 aromatic rings. The molecular formula is C19H30IN3O3. The van der Waals surface area contributed by atoms with Gasteiger partial charge in [0.1, 0.15) is 22.9 Å². The van der Waals surface area contributed by atoms with Gasteiger partial charge in [0.2, 0.25) is 0 Å². The van der Waals surface area contributed by atoms with E-state index in [1.54, 1.807) is 19.3 Å². The van der Waals surface area contributed by atoms with Crippen molar-refractivity contribution < 1.29 is 13.9 Å². The topological polar surface area (TPSA) is 82.9 Å². The van der Waals surface area contributed by atoms with E-state index in [1.807, 2.05) is 25.1 Å². The maximum atomic E-state index is 10.6. The van der Waals surface area contributed by atoms with Gasteiger partial charge in [-0.1, -0.05) is 6.92 Å². The van der Waals surface area contributed by atoms with Gasteiger partial charge in [-0.2, -0.15) is 0 Å². The summed E-state index contributed by atoms with van der Waals surface area (Å²) in [6, 6.07) is 7.74. The number of aryl methyl sites for hydroxylation is 1. The lowest BCUT2D eigenvalue weighted by Gasteiger charge is -2.21. The van der Waals surface area contributed by atoms with Crippen LogP contribution in [-0.2, 0) is 12.0 Å². The smallest absolute Gasteiger partial charge is 0.191 e. The van der Waals surface area contributed by atoms with Crippen LogP contribution in [0.3, 0.4) is 0 Å². The Kier molecular flexibility index (Phi) is 9.21. The fraction of sp³-hybridized carbons (Fsp3) is 0.526. The highest BCUT2D eigenvalue weighted by atomic mass is 127. The Bertz CT molecular complexity index is 665. The van der Waals surface area contributed by atoms with Crippen molar-refractivity contribution in [1.29, 1.82) is 0 Å². The summed E-state index contributed by atoms with van der Waals surface area (Å²) >= 11 is 0.